The highest BCUT2D eigenvalue weighted by Gasteiger charge is 2.22. The van der Waals surface area contributed by atoms with Gasteiger partial charge in [-0.1, -0.05) is 146 Å². The van der Waals surface area contributed by atoms with Gasteiger partial charge in [0.1, 0.15) is 11.2 Å². The van der Waals surface area contributed by atoms with Gasteiger partial charge in [-0.15, -0.1) is 0 Å². The molecule has 0 bridgehead atoms. The van der Waals surface area contributed by atoms with Gasteiger partial charge in [0.2, 0.25) is 0 Å². The van der Waals surface area contributed by atoms with E-state index in [4.69, 9.17) is 19.4 Å². The summed E-state index contributed by atoms with van der Waals surface area (Å²) in [7, 11) is 0. The quantitative estimate of drug-likeness (QED) is 0.174. The van der Waals surface area contributed by atoms with Crippen molar-refractivity contribution >= 4 is 76.1 Å². The van der Waals surface area contributed by atoms with Gasteiger partial charge in [-0.25, -0.2) is 15.0 Å². The third-order valence-corrected chi connectivity index (χ3v) is 12.4. The van der Waals surface area contributed by atoms with E-state index in [1.165, 1.54) is 21.5 Å². The molecule has 0 N–H and O–H groups in total. The van der Waals surface area contributed by atoms with Crippen LogP contribution in [0.5, 0.6) is 0 Å². The number of furan rings is 1. The van der Waals surface area contributed by atoms with Gasteiger partial charge in [0, 0.05) is 43.9 Å². The van der Waals surface area contributed by atoms with Crippen LogP contribution in [0.4, 0.5) is 0 Å². The number of benzene rings is 10. The van der Waals surface area contributed by atoms with Crippen molar-refractivity contribution < 1.29 is 4.42 Å². The fourth-order valence-corrected chi connectivity index (χ4v) is 9.43. The first-order valence-corrected chi connectivity index (χ1v) is 20.9. The Hall–Kier alpha value is -8.41. The van der Waals surface area contributed by atoms with Gasteiger partial charge >= 0.3 is 0 Å². The summed E-state index contributed by atoms with van der Waals surface area (Å²) in [6.07, 6.45) is 0. The molecular formula is C57H34N4O. The number of rotatable bonds is 5. The smallest absolute Gasteiger partial charge is 0.164 e. The number of nitrogens with zero attached hydrogens (tertiary/aromatic N) is 4. The summed E-state index contributed by atoms with van der Waals surface area (Å²) < 4.78 is 9.07. The Labute approximate surface area is 355 Å². The average Bonchev–Trinajstić information content (AvgIpc) is 3.86. The number of hydrogen-bond acceptors (Lipinski definition) is 4. The number of aromatic nitrogens is 4. The predicted molar refractivity (Wildman–Crippen MR) is 256 cm³/mol. The lowest BCUT2D eigenvalue weighted by Gasteiger charge is -2.16. The molecule has 0 aliphatic heterocycles. The van der Waals surface area contributed by atoms with Crippen LogP contribution in [0.2, 0.25) is 0 Å². The van der Waals surface area contributed by atoms with Crippen LogP contribution in [0.25, 0.3) is 127 Å². The molecule has 0 aliphatic rings. The Morgan fingerprint density at radius 2 is 0.952 bits per heavy atom. The largest absolute Gasteiger partial charge is 0.456 e. The average molecular weight is 791 g/mol. The van der Waals surface area contributed by atoms with Crippen molar-refractivity contribution in [2.75, 3.05) is 0 Å². The first-order chi connectivity index (χ1) is 30.7. The molecule has 0 fully saturated rings. The van der Waals surface area contributed by atoms with E-state index >= 15 is 0 Å². The summed E-state index contributed by atoms with van der Waals surface area (Å²) in [5.41, 5.74) is 9.76. The lowest BCUT2D eigenvalue weighted by molar-refractivity contribution is 0.669. The fourth-order valence-electron chi connectivity index (χ4n) is 9.43. The van der Waals surface area contributed by atoms with Crippen molar-refractivity contribution in [1.29, 1.82) is 0 Å². The Morgan fingerprint density at radius 1 is 0.323 bits per heavy atom. The molecule has 0 spiro atoms. The predicted octanol–water partition coefficient (Wildman–Crippen LogP) is 15.0. The Bertz CT molecular complexity index is 3940. The summed E-state index contributed by atoms with van der Waals surface area (Å²) in [5.74, 6) is 1.82. The second kappa shape index (κ2) is 13.6. The van der Waals surface area contributed by atoms with Crippen LogP contribution in [0.3, 0.4) is 0 Å². The minimum absolute atomic E-state index is 0.590. The topological polar surface area (TPSA) is 56.7 Å². The maximum atomic E-state index is 6.67. The lowest BCUT2D eigenvalue weighted by Crippen LogP contribution is -2.02. The van der Waals surface area contributed by atoms with Crippen molar-refractivity contribution in [2.45, 2.75) is 0 Å². The summed E-state index contributed by atoms with van der Waals surface area (Å²) in [6, 6.07) is 72.9. The molecule has 5 nitrogen and oxygen atoms in total. The summed E-state index contributed by atoms with van der Waals surface area (Å²) in [6.45, 7) is 0. The van der Waals surface area contributed by atoms with Gasteiger partial charge in [0.15, 0.2) is 17.5 Å². The van der Waals surface area contributed by atoms with Crippen LogP contribution < -0.4 is 0 Å². The van der Waals surface area contributed by atoms with Crippen molar-refractivity contribution in [2.24, 2.45) is 0 Å². The molecule has 0 radical (unpaired) electrons. The molecule has 5 heteroatoms. The van der Waals surface area contributed by atoms with Gasteiger partial charge in [0.25, 0.3) is 0 Å². The van der Waals surface area contributed by atoms with Crippen molar-refractivity contribution in [3.63, 3.8) is 0 Å². The van der Waals surface area contributed by atoms with Crippen LogP contribution in [0.15, 0.2) is 211 Å². The second-order valence-electron chi connectivity index (χ2n) is 16.0. The standard InChI is InChI=1S/C57H34N4O/c1-2-14-36(15-3-1)55-58-56(42-26-25-35-13-4-5-16-37(35)29-42)60-57(59-55)46-28-27-43(61-50-23-11-10-21-44(50)48-30-38-17-6-8-19-40(38)32-51(48)61)34-47(46)45-22-12-24-52-54(45)49-31-39-18-7-9-20-41(39)33-53(49)62-52/h1-34H. The van der Waals surface area contributed by atoms with Crippen molar-refractivity contribution in [3.8, 4) is 51.0 Å². The van der Waals surface area contributed by atoms with E-state index in [0.29, 0.717) is 17.5 Å². The molecule has 0 saturated carbocycles. The van der Waals surface area contributed by atoms with Crippen LogP contribution in [0, 0.1) is 0 Å². The Morgan fingerprint density at radius 3 is 1.74 bits per heavy atom. The van der Waals surface area contributed by atoms with Crippen LogP contribution >= 0.6 is 0 Å². The Kier molecular flexibility index (Phi) is 7.54. The molecule has 0 saturated heterocycles. The molecule has 62 heavy (non-hydrogen) atoms. The lowest BCUT2D eigenvalue weighted by atomic mass is 9.93. The highest BCUT2D eigenvalue weighted by atomic mass is 16.3. The van der Waals surface area contributed by atoms with Gasteiger partial charge in [-0.3, -0.25) is 0 Å². The summed E-state index contributed by atoms with van der Waals surface area (Å²) >= 11 is 0. The van der Waals surface area contributed by atoms with E-state index in [9.17, 15) is 0 Å². The molecule has 0 atom stereocenters. The molecular weight excluding hydrogens is 757 g/mol. The van der Waals surface area contributed by atoms with Gasteiger partial charge in [0.05, 0.1) is 11.0 Å². The van der Waals surface area contributed by atoms with Crippen LogP contribution in [-0.2, 0) is 0 Å². The SMILES string of the molecule is c1ccc(-c2nc(-c3ccc4ccccc4c3)nc(-c3ccc(-n4c5ccccc5c5cc6ccccc6cc54)cc3-c3cccc4oc5cc6ccccc6cc5c34)n2)cc1. The normalized spacial score (nSPS) is 11.9. The summed E-state index contributed by atoms with van der Waals surface area (Å²) in [4.78, 5) is 15.8. The van der Waals surface area contributed by atoms with E-state index in [-0.39, 0.29) is 0 Å². The fraction of sp³-hybridized carbons (Fsp3) is 0. The second-order valence-corrected chi connectivity index (χ2v) is 16.0. The van der Waals surface area contributed by atoms with Gasteiger partial charge in [-0.2, -0.15) is 0 Å². The highest BCUT2D eigenvalue weighted by Crippen LogP contribution is 2.44. The number of hydrogen-bond donors (Lipinski definition) is 0. The molecule has 3 aromatic heterocycles. The first-order valence-electron chi connectivity index (χ1n) is 20.9. The third-order valence-electron chi connectivity index (χ3n) is 12.4. The molecule has 0 unspecified atom stereocenters. The van der Waals surface area contributed by atoms with Crippen LogP contribution in [-0.4, -0.2) is 19.5 Å². The molecule has 0 amide bonds. The molecule has 3 heterocycles. The van der Waals surface area contributed by atoms with Crippen molar-refractivity contribution in [1.82, 2.24) is 19.5 Å². The third kappa shape index (κ3) is 5.45. The molecule has 13 rings (SSSR count). The molecule has 288 valence electrons. The summed E-state index contributed by atoms with van der Waals surface area (Å²) in [5, 5.41) is 11.5. The van der Waals surface area contributed by atoms with Crippen molar-refractivity contribution in [3.05, 3.63) is 206 Å². The highest BCUT2D eigenvalue weighted by molar-refractivity contribution is 6.17. The molecule has 10 aromatic carbocycles. The maximum absolute atomic E-state index is 6.67. The van der Waals surface area contributed by atoms with E-state index < -0.39 is 0 Å². The zero-order valence-electron chi connectivity index (χ0n) is 33.3. The van der Waals surface area contributed by atoms with E-state index in [1.807, 2.05) is 18.2 Å². The first kappa shape index (κ1) is 34.5. The zero-order chi connectivity index (χ0) is 40.7. The number of fused-ring (bicyclic) bond motifs is 9. The molecule has 13 aromatic rings. The van der Waals surface area contributed by atoms with E-state index in [0.717, 1.165) is 88.0 Å². The minimum Gasteiger partial charge on any atom is -0.456 e. The Balaban J connectivity index is 1.12. The maximum Gasteiger partial charge on any atom is 0.164 e. The molecule has 0 aliphatic carbocycles. The monoisotopic (exact) mass is 790 g/mol. The van der Waals surface area contributed by atoms with Gasteiger partial charge in [-0.05, 0) is 104 Å². The zero-order valence-corrected chi connectivity index (χ0v) is 33.3. The minimum atomic E-state index is 0.590. The number of para-hydroxylation sites is 1. The van der Waals surface area contributed by atoms with E-state index in [1.54, 1.807) is 0 Å². The van der Waals surface area contributed by atoms with E-state index in [2.05, 4.69) is 193 Å². The van der Waals surface area contributed by atoms with Gasteiger partial charge < -0.3 is 8.98 Å². The van der Waals surface area contributed by atoms with Crippen LogP contribution in [0.1, 0.15) is 0 Å².